The Kier molecular flexibility index (Phi) is 5.70. The molecule has 1 saturated heterocycles. The Morgan fingerprint density at radius 2 is 2.24 bits per heavy atom. The number of thioether (sulfide) groups is 1. The lowest BCUT2D eigenvalue weighted by molar-refractivity contribution is -0.118. The SMILES string of the molecule is Cc1cccc(CSCC(=O)NCC2CCS(=O)(=O)C2)c1. The molecule has 0 saturated carbocycles. The summed E-state index contributed by atoms with van der Waals surface area (Å²) < 4.78 is 22.7. The van der Waals surface area contributed by atoms with E-state index in [1.165, 1.54) is 11.1 Å². The molecule has 0 aromatic heterocycles. The maximum Gasteiger partial charge on any atom is 0.230 e. The first-order chi connectivity index (χ1) is 9.94. The molecule has 1 N–H and O–H groups in total. The van der Waals surface area contributed by atoms with Gasteiger partial charge in [0, 0.05) is 12.3 Å². The van der Waals surface area contributed by atoms with Crippen LogP contribution in [-0.4, -0.2) is 38.1 Å². The first-order valence-electron chi connectivity index (χ1n) is 7.05. The monoisotopic (exact) mass is 327 g/mol. The number of rotatable bonds is 6. The fourth-order valence-electron chi connectivity index (χ4n) is 2.41. The lowest BCUT2D eigenvalue weighted by Gasteiger charge is -2.09. The van der Waals surface area contributed by atoms with Crippen LogP contribution >= 0.6 is 11.8 Å². The lowest BCUT2D eigenvalue weighted by Crippen LogP contribution is -2.31. The van der Waals surface area contributed by atoms with Gasteiger partial charge in [-0.1, -0.05) is 29.8 Å². The van der Waals surface area contributed by atoms with Crippen molar-refractivity contribution in [1.82, 2.24) is 5.32 Å². The Bertz CT molecular complexity index is 599. The van der Waals surface area contributed by atoms with Gasteiger partial charge in [-0.2, -0.15) is 0 Å². The van der Waals surface area contributed by atoms with Crippen molar-refractivity contribution in [2.45, 2.75) is 19.1 Å². The highest BCUT2D eigenvalue weighted by Gasteiger charge is 2.27. The van der Waals surface area contributed by atoms with Gasteiger partial charge in [0.2, 0.25) is 5.91 Å². The largest absolute Gasteiger partial charge is 0.355 e. The van der Waals surface area contributed by atoms with Gasteiger partial charge in [0.1, 0.15) is 0 Å². The minimum Gasteiger partial charge on any atom is -0.355 e. The smallest absolute Gasteiger partial charge is 0.230 e. The summed E-state index contributed by atoms with van der Waals surface area (Å²) in [5.74, 6) is 1.76. The van der Waals surface area contributed by atoms with Crippen LogP contribution in [0.5, 0.6) is 0 Å². The third kappa shape index (κ3) is 5.71. The Labute approximate surface area is 130 Å². The Balaban J connectivity index is 1.64. The second-order valence-electron chi connectivity index (χ2n) is 5.55. The van der Waals surface area contributed by atoms with Crippen LogP contribution in [0.1, 0.15) is 17.5 Å². The van der Waals surface area contributed by atoms with Crippen molar-refractivity contribution in [3.05, 3.63) is 35.4 Å². The molecule has 1 aliphatic heterocycles. The zero-order valence-corrected chi connectivity index (χ0v) is 13.8. The minimum atomic E-state index is -2.86. The van der Waals surface area contributed by atoms with E-state index in [0.29, 0.717) is 18.7 Å². The number of hydrogen-bond acceptors (Lipinski definition) is 4. The van der Waals surface area contributed by atoms with Gasteiger partial charge in [-0.3, -0.25) is 4.79 Å². The average Bonchev–Trinajstić information content (AvgIpc) is 2.76. The molecule has 21 heavy (non-hydrogen) atoms. The number of carbonyl (C=O) groups excluding carboxylic acids is 1. The van der Waals surface area contributed by atoms with Crippen molar-refractivity contribution in [1.29, 1.82) is 0 Å². The number of aryl methyl sites for hydroxylation is 1. The molecule has 0 bridgehead atoms. The van der Waals surface area contributed by atoms with Gasteiger partial charge in [-0.25, -0.2) is 8.42 Å². The van der Waals surface area contributed by atoms with Crippen LogP contribution in [0.4, 0.5) is 0 Å². The minimum absolute atomic E-state index is 0.0167. The standard InChI is InChI=1S/C15H21NO3S2/c1-12-3-2-4-13(7-12)9-20-10-15(17)16-8-14-5-6-21(18,19)11-14/h2-4,7,14H,5-6,8-11H2,1H3,(H,16,17). The van der Waals surface area contributed by atoms with Crippen molar-refractivity contribution in [3.8, 4) is 0 Å². The predicted octanol–water partition coefficient (Wildman–Crippen LogP) is 1.78. The number of nitrogens with one attached hydrogen (secondary N) is 1. The van der Waals surface area contributed by atoms with Crippen LogP contribution < -0.4 is 5.32 Å². The molecular weight excluding hydrogens is 306 g/mol. The van der Waals surface area contributed by atoms with E-state index in [1.807, 2.05) is 6.07 Å². The van der Waals surface area contributed by atoms with E-state index >= 15 is 0 Å². The van der Waals surface area contributed by atoms with Crippen molar-refractivity contribution in [2.24, 2.45) is 5.92 Å². The molecule has 0 radical (unpaired) electrons. The molecule has 1 fully saturated rings. The summed E-state index contributed by atoms with van der Waals surface area (Å²) in [5.41, 5.74) is 2.44. The van der Waals surface area contributed by atoms with E-state index < -0.39 is 9.84 Å². The topological polar surface area (TPSA) is 63.2 Å². The number of sulfone groups is 1. The molecule has 1 unspecified atom stereocenters. The molecule has 116 valence electrons. The van der Waals surface area contributed by atoms with Crippen molar-refractivity contribution in [2.75, 3.05) is 23.8 Å². The van der Waals surface area contributed by atoms with Crippen LogP contribution in [-0.2, 0) is 20.4 Å². The van der Waals surface area contributed by atoms with Gasteiger partial charge in [-0.15, -0.1) is 11.8 Å². The first kappa shape index (κ1) is 16.4. The zero-order valence-electron chi connectivity index (χ0n) is 12.2. The van der Waals surface area contributed by atoms with Crippen LogP contribution in [0.25, 0.3) is 0 Å². The predicted molar refractivity (Wildman–Crippen MR) is 87.1 cm³/mol. The molecule has 1 aromatic carbocycles. The molecule has 6 heteroatoms. The van der Waals surface area contributed by atoms with Gasteiger partial charge in [-0.05, 0) is 24.8 Å². The first-order valence-corrected chi connectivity index (χ1v) is 10.0. The second-order valence-corrected chi connectivity index (χ2v) is 8.77. The molecular formula is C15H21NO3S2. The zero-order chi connectivity index (χ0) is 15.3. The molecule has 4 nitrogen and oxygen atoms in total. The summed E-state index contributed by atoms with van der Waals surface area (Å²) in [6.45, 7) is 2.53. The molecule has 1 amide bonds. The van der Waals surface area contributed by atoms with Crippen molar-refractivity contribution < 1.29 is 13.2 Å². The molecule has 0 spiro atoms. The van der Waals surface area contributed by atoms with E-state index in [0.717, 1.165) is 5.75 Å². The molecule has 1 aliphatic rings. The lowest BCUT2D eigenvalue weighted by atomic mass is 10.1. The quantitative estimate of drug-likeness (QED) is 0.865. The summed E-state index contributed by atoms with van der Waals surface area (Å²) >= 11 is 1.58. The van der Waals surface area contributed by atoms with E-state index in [4.69, 9.17) is 0 Å². The van der Waals surface area contributed by atoms with Crippen LogP contribution in [0.3, 0.4) is 0 Å². The van der Waals surface area contributed by atoms with Crippen LogP contribution in [0, 0.1) is 12.8 Å². The van der Waals surface area contributed by atoms with Crippen molar-refractivity contribution >= 4 is 27.5 Å². The summed E-state index contributed by atoms with van der Waals surface area (Å²) in [5, 5.41) is 2.84. The molecule has 0 aliphatic carbocycles. The average molecular weight is 327 g/mol. The Morgan fingerprint density at radius 3 is 2.90 bits per heavy atom. The maximum atomic E-state index is 11.7. The van der Waals surface area contributed by atoms with E-state index in [2.05, 4.69) is 30.4 Å². The third-order valence-corrected chi connectivity index (χ3v) is 6.34. The fraction of sp³-hybridized carbons (Fsp3) is 0.533. The highest BCUT2D eigenvalue weighted by atomic mass is 32.2. The van der Waals surface area contributed by atoms with Gasteiger partial charge < -0.3 is 5.32 Å². The third-order valence-electron chi connectivity index (χ3n) is 3.50. The van der Waals surface area contributed by atoms with Gasteiger partial charge >= 0.3 is 0 Å². The fourth-order valence-corrected chi connectivity index (χ4v) is 5.07. The van der Waals surface area contributed by atoms with Gasteiger partial charge in [0.15, 0.2) is 9.84 Å². The Morgan fingerprint density at radius 1 is 1.43 bits per heavy atom. The summed E-state index contributed by atoms with van der Waals surface area (Å²) in [6.07, 6.45) is 0.666. The second kappa shape index (κ2) is 7.31. The Hall–Kier alpha value is -1.01. The summed E-state index contributed by atoms with van der Waals surface area (Å²) in [7, 11) is -2.86. The highest BCUT2D eigenvalue weighted by Crippen LogP contribution is 2.17. The van der Waals surface area contributed by atoms with Gasteiger partial charge in [0.05, 0.1) is 17.3 Å². The van der Waals surface area contributed by atoms with E-state index in [9.17, 15) is 13.2 Å². The number of carbonyl (C=O) groups is 1. The maximum absolute atomic E-state index is 11.7. The summed E-state index contributed by atoms with van der Waals surface area (Å²) in [4.78, 5) is 11.7. The van der Waals surface area contributed by atoms with Crippen molar-refractivity contribution in [3.63, 3.8) is 0 Å². The van der Waals surface area contributed by atoms with Crippen LogP contribution in [0.15, 0.2) is 24.3 Å². The normalized spacial score (nSPS) is 20.3. The molecule has 1 heterocycles. The molecule has 1 atom stereocenters. The number of amides is 1. The summed E-state index contributed by atoms with van der Waals surface area (Å²) in [6, 6.07) is 8.25. The van der Waals surface area contributed by atoms with Crippen LogP contribution in [0.2, 0.25) is 0 Å². The van der Waals surface area contributed by atoms with E-state index in [1.54, 1.807) is 11.8 Å². The molecule has 1 aromatic rings. The van der Waals surface area contributed by atoms with E-state index in [-0.39, 0.29) is 23.3 Å². The number of benzene rings is 1. The molecule has 2 rings (SSSR count). The number of hydrogen-bond donors (Lipinski definition) is 1. The highest BCUT2D eigenvalue weighted by molar-refractivity contribution is 7.99. The van der Waals surface area contributed by atoms with Gasteiger partial charge in [0.25, 0.3) is 0 Å².